The van der Waals surface area contributed by atoms with Gasteiger partial charge in [-0.25, -0.2) is 0 Å². The van der Waals surface area contributed by atoms with Crippen molar-refractivity contribution in [2.24, 2.45) is 0 Å². The lowest BCUT2D eigenvalue weighted by molar-refractivity contribution is 1.01. The lowest BCUT2D eigenvalue weighted by Gasteiger charge is -2.02. The molecule has 0 aromatic rings. The van der Waals surface area contributed by atoms with Crippen LogP contribution in [0.15, 0.2) is 35.5 Å². The van der Waals surface area contributed by atoms with Gasteiger partial charge in [-0.05, 0) is 32.3 Å². The van der Waals surface area contributed by atoms with E-state index in [9.17, 15) is 0 Å². The van der Waals surface area contributed by atoms with Gasteiger partial charge in [0, 0.05) is 0 Å². The first-order valence-corrected chi connectivity index (χ1v) is 4.64. The molecule has 0 fully saturated rings. The van der Waals surface area contributed by atoms with E-state index in [0.29, 0.717) is 0 Å². The third kappa shape index (κ3) is 4.17. The Morgan fingerprint density at radius 1 is 1.08 bits per heavy atom. The Balaban J connectivity index is 4.47. The van der Waals surface area contributed by atoms with Crippen molar-refractivity contribution in [3.63, 3.8) is 0 Å². The third-order valence-corrected chi connectivity index (χ3v) is 2.03. The molecule has 0 atom stereocenters. The van der Waals surface area contributed by atoms with Crippen LogP contribution < -0.4 is 0 Å². The molecule has 0 amide bonds. The molecule has 0 radical (unpaired) electrons. The van der Waals surface area contributed by atoms with Gasteiger partial charge in [0.15, 0.2) is 0 Å². The van der Waals surface area contributed by atoms with Crippen LogP contribution in [0.4, 0.5) is 0 Å². The van der Waals surface area contributed by atoms with Crippen molar-refractivity contribution < 1.29 is 0 Å². The third-order valence-electron chi connectivity index (χ3n) is 2.03. The standard InChI is InChI=1S/C12H20/c1-6-11(5)12(7-2)9-8-10(3)4/h8-9H,3,6-7H2,1-2,4-5H3. The first-order valence-electron chi connectivity index (χ1n) is 4.64. The molecule has 0 unspecified atom stereocenters. The van der Waals surface area contributed by atoms with Gasteiger partial charge in [-0.15, -0.1) is 0 Å². The van der Waals surface area contributed by atoms with E-state index in [4.69, 9.17) is 0 Å². The molecule has 0 heteroatoms. The maximum Gasteiger partial charge on any atom is -0.0308 e. The molecule has 68 valence electrons. The molecular weight excluding hydrogens is 144 g/mol. The predicted molar refractivity (Wildman–Crippen MR) is 57.2 cm³/mol. The van der Waals surface area contributed by atoms with Gasteiger partial charge in [0.2, 0.25) is 0 Å². The summed E-state index contributed by atoms with van der Waals surface area (Å²) in [6, 6.07) is 0. The van der Waals surface area contributed by atoms with Gasteiger partial charge in [-0.1, -0.05) is 43.7 Å². The van der Waals surface area contributed by atoms with Crippen molar-refractivity contribution in [3.8, 4) is 0 Å². The molecule has 0 aliphatic carbocycles. The molecule has 0 aliphatic heterocycles. The maximum atomic E-state index is 3.84. The lowest BCUT2D eigenvalue weighted by Crippen LogP contribution is -1.82. The van der Waals surface area contributed by atoms with Crippen LogP contribution in [0.3, 0.4) is 0 Å². The highest BCUT2D eigenvalue weighted by molar-refractivity contribution is 5.28. The van der Waals surface area contributed by atoms with E-state index in [2.05, 4.69) is 39.5 Å². The second-order valence-corrected chi connectivity index (χ2v) is 3.19. The van der Waals surface area contributed by atoms with Gasteiger partial charge in [0.1, 0.15) is 0 Å². The first kappa shape index (κ1) is 11.2. The zero-order valence-electron chi connectivity index (χ0n) is 8.78. The predicted octanol–water partition coefficient (Wildman–Crippen LogP) is 4.26. The Morgan fingerprint density at radius 2 is 1.67 bits per heavy atom. The molecule has 0 saturated heterocycles. The Hall–Kier alpha value is -0.780. The smallest absolute Gasteiger partial charge is 0.0308 e. The molecule has 0 spiro atoms. The molecule has 0 aromatic carbocycles. The molecule has 0 N–H and O–H groups in total. The van der Waals surface area contributed by atoms with Gasteiger partial charge >= 0.3 is 0 Å². The summed E-state index contributed by atoms with van der Waals surface area (Å²) in [7, 11) is 0. The number of rotatable bonds is 4. The molecule has 0 aromatic heterocycles. The van der Waals surface area contributed by atoms with Gasteiger partial charge in [-0.3, -0.25) is 0 Å². The van der Waals surface area contributed by atoms with E-state index >= 15 is 0 Å². The minimum Gasteiger partial charge on any atom is -0.0961 e. The topological polar surface area (TPSA) is 0 Å². The fourth-order valence-electron chi connectivity index (χ4n) is 1.03. The summed E-state index contributed by atoms with van der Waals surface area (Å²) >= 11 is 0. The quantitative estimate of drug-likeness (QED) is 0.545. The van der Waals surface area contributed by atoms with Crippen LogP contribution >= 0.6 is 0 Å². The van der Waals surface area contributed by atoms with E-state index in [-0.39, 0.29) is 0 Å². The highest BCUT2D eigenvalue weighted by Crippen LogP contribution is 2.13. The summed E-state index contributed by atoms with van der Waals surface area (Å²) in [5.74, 6) is 0. The zero-order chi connectivity index (χ0) is 9.56. The van der Waals surface area contributed by atoms with Crippen LogP contribution in [-0.4, -0.2) is 0 Å². The number of hydrogen-bond donors (Lipinski definition) is 0. The summed E-state index contributed by atoms with van der Waals surface area (Å²) in [4.78, 5) is 0. The molecule has 0 nitrogen and oxygen atoms in total. The van der Waals surface area contributed by atoms with Gasteiger partial charge in [0.05, 0.1) is 0 Å². The summed E-state index contributed by atoms with van der Waals surface area (Å²) in [5, 5.41) is 0. The fourth-order valence-corrected chi connectivity index (χ4v) is 1.03. The van der Waals surface area contributed by atoms with Crippen molar-refractivity contribution in [2.75, 3.05) is 0 Å². The van der Waals surface area contributed by atoms with Crippen molar-refractivity contribution in [1.29, 1.82) is 0 Å². The van der Waals surface area contributed by atoms with Crippen molar-refractivity contribution in [3.05, 3.63) is 35.5 Å². The van der Waals surface area contributed by atoms with E-state index in [1.165, 1.54) is 11.1 Å². The number of allylic oxidation sites excluding steroid dienone is 5. The van der Waals surface area contributed by atoms with Crippen LogP contribution in [0.1, 0.15) is 40.5 Å². The summed E-state index contributed by atoms with van der Waals surface area (Å²) in [6.07, 6.45) is 6.52. The molecule has 12 heavy (non-hydrogen) atoms. The van der Waals surface area contributed by atoms with Gasteiger partial charge < -0.3 is 0 Å². The Kier molecular flexibility index (Phi) is 5.44. The van der Waals surface area contributed by atoms with Crippen LogP contribution in [0.2, 0.25) is 0 Å². The normalized spacial score (nSPS) is 13.3. The van der Waals surface area contributed by atoms with Crippen molar-refractivity contribution in [2.45, 2.75) is 40.5 Å². The molecule has 0 aliphatic rings. The molecule has 0 rings (SSSR count). The zero-order valence-corrected chi connectivity index (χ0v) is 8.78. The van der Waals surface area contributed by atoms with E-state index < -0.39 is 0 Å². The molecular formula is C12H20. The Morgan fingerprint density at radius 3 is 2.00 bits per heavy atom. The molecule has 0 heterocycles. The summed E-state index contributed by atoms with van der Waals surface area (Å²) in [5.41, 5.74) is 4.04. The highest BCUT2D eigenvalue weighted by Gasteiger charge is 1.93. The van der Waals surface area contributed by atoms with Gasteiger partial charge in [0.25, 0.3) is 0 Å². The highest BCUT2D eigenvalue weighted by atomic mass is 14.0. The first-order chi connectivity index (χ1) is 5.61. The fraction of sp³-hybridized carbons (Fsp3) is 0.500. The summed E-state index contributed by atoms with van der Waals surface area (Å²) in [6.45, 7) is 12.4. The SMILES string of the molecule is C=C(C)C=CC(CC)=C(C)CC. The van der Waals surface area contributed by atoms with E-state index in [1.54, 1.807) is 0 Å². The van der Waals surface area contributed by atoms with Crippen LogP contribution in [0.25, 0.3) is 0 Å². The van der Waals surface area contributed by atoms with Crippen molar-refractivity contribution in [1.82, 2.24) is 0 Å². The van der Waals surface area contributed by atoms with Crippen LogP contribution in [-0.2, 0) is 0 Å². The largest absolute Gasteiger partial charge is 0.0961 e. The molecule has 0 saturated carbocycles. The lowest BCUT2D eigenvalue weighted by atomic mass is 10.0. The monoisotopic (exact) mass is 164 g/mol. The van der Waals surface area contributed by atoms with Crippen LogP contribution in [0.5, 0.6) is 0 Å². The molecule has 0 bridgehead atoms. The average Bonchev–Trinajstić information content (AvgIpc) is 2.04. The number of hydrogen-bond acceptors (Lipinski definition) is 0. The van der Waals surface area contributed by atoms with Crippen molar-refractivity contribution >= 4 is 0 Å². The summed E-state index contributed by atoms with van der Waals surface area (Å²) < 4.78 is 0. The second-order valence-electron chi connectivity index (χ2n) is 3.19. The Labute approximate surface area is 76.7 Å². The minimum atomic E-state index is 1.11. The van der Waals surface area contributed by atoms with E-state index in [0.717, 1.165) is 18.4 Å². The van der Waals surface area contributed by atoms with Gasteiger partial charge in [-0.2, -0.15) is 0 Å². The Bertz CT molecular complexity index is 204. The maximum absolute atomic E-state index is 3.84. The minimum absolute atomic E-state index is 1.11. The van der Waals surface area contributed by atoms with E-state index in [1.807, 2.05) is 6.92 Å². The van der Waals surface area contributed by atoms with Crippen LogP contribution in [0, 0.1) is 0 Å². The average molecular weight is 164 g/mol. The second kappa shape index (κ2) is 5.82.